The number of carbonyl (C=O) groups excluding carboxylic acids is 2. The molecule has 0 aromatic heterocycles. The third kappa shape index (κ3) is 6.01. The molecule has 1 fully saturated rings. The van der Waals surface area contributed by atoms with Crippen LogP contribution in [-0.4, -0.2) is 11.8 Å². The van der Waals surface area contributed by atoms with Gasteiger partial charge in [0.2, 0.25) is 11.8 Å². The molecule has 1 saturated carbocycles. The lowest BCUT2D eigenvalue weighted by Crippen LogP contribution is -2.24. The van der Waals surface area contributed by atoms with Crippen LogP contribution in [0.4, 0.5) is 11.4 Å². The van der Waals surface area contributed by atoms with Crippen LogP contribution in [0.3, 0.4) is 0 Å². The van der Waals surface area contributed by atoms with E-state index in [2.05, 4.69) is 10.6 Å². The van der Waals surface area contributed by atoms with Gasteiger partial charge in [-0.25, -0.2) is 0 Å². The van der Waals surface area contributed by atoms with Gasteiger partial charge in [0.1, 0.15) is 5.25 Å². The van der Waals surface area contributed by atoms with E-state index < -0.39 is 5.25 Å². The Morgan fingerprint density at radius 2 is 1.41 bits per heavy atom. The van der Waals surface area contributed by atoms with Crippen molar-refractivity contribution in [3.05, 3.63) is 90.5 Å². The Morgan fingerprint density at radius 3 is 2.12 bits per heavy atom. The monoisotopic (exact) mass is 444 g/mol. The van der Waals surface area contributed by atoms with Gasteiger partial charge in [-0.15, -0.1) is 11.8 Å². The second kappa shape index (κ2) is 11.0. The summed E-state index contributed by atoms with van der Waals surface area (Å²) in [5.74, 6) is 0.131. The van der Waals surface area contributed by atoms with Crippen molar-refractivity contribution >= 4 is 35.0 Å². The molecular formula is C27H28N2O2S. The van der Waals surface area contributed by atoms with Gasteiger partial charge in [0, 0.05) is 22.2 Å². The van der Waals surface area contributed by atoms with Crippen molar-refractivity contribution in [2.24, 2.45) is 5.92 Å². The van der Waals surface area contributed by atoms with E-state index in [9.17, 15) is 9.59 Å². The first-order valence-electron chi connectivity index (χ1n) is 11.2. The number of nitrogens with one attached hydrogen (secondary N) is 2. The minimum Gasteiger partial charge on any atom is -0.326 e. The third-order valence-electron chi connectivity index (χ3n) is 5.71. The maximum absolute atomic E-state index is 13.2. The Bertz CT molecular complexity index is 1030. The van der Waals surface area contributed by atoms with Crippen LogP contribution in [0, 0.1) is 5.92 Å². The molecule has 0 saturated heterocycles. The Hall–Kier alpha value is -3.05. The second-order valence-electron chi connectivity index (χ2n) is 8.12. The second-order valence-corrected chi connectivity index (χ2v) is 9.29. The normalized spacial score (nSPS) is 15.0. The highest BCUT2D eigenvalue weighted by Gasteiger charge is 2.23. The van der Waals surface area contributed by atoms with E-state index in [0.717, 1.165) is 47.5 Å². The number of hydrogen-bond donors (Lipinski definition) is 2. The van der Waals surface area contributed by atoms with Gasteiger partial charge in [-0.05, 0) is 48.7 Å². The van der Waals surface area contributed by atoms with Gasteiger partial charge in [0.05, 0.1) is 0 Å². The topological polar surface area (TPSA) is 58.2 Å². The summed E-state index contributed by atoms with van der Waals surface area (Å²) in [4.78, 5) is 26.8. The zero-order valence-corrected chi connectivity index (χ0v) is 18.8. The summed E-state index contributed by atoms with van der Waals surface area (Å²) in [6.45, 7) is 0. The minimum atomic E-state index is -0.416. The fourth-order valence-corrected chi connectivity index (χ4v) is 5.11. The molecule has 0 spiro atoms. The summed E-state index contributed by atoms with van der Waals surface area (Å²) in [5.41, 5.74) is 2.48. The molecule has 1 atom stereocenters. The molecule has 1 aliphatic rings. The molecule has 1 unspecified atom stereocenters. The molecule has 3 aromatic carbocycles. The van der Waals surface area contributed by atoms with Crippen LogP contribution >= 0.6 is 11.8 Å². The number of hydrogen-bond acceptors (Lipinski definition) is 3. The van der Waals surface area contributed by atoms with E-state index >= 15 is 0 Å². The summed E-state index contributed by atoms with van der Waals surface area (Å²) in [7, 11) is 0. The molecular weight excluding hydrogens is 416 g/mol. The average Bonchev–Trinajstić information content (AvgIpc) is 2.84. The number of para-hydroxylation sites is 1. The fourth-order valence-electron chi connectivity index (χ4n) is 4.02. The van der Waals surface area contributed by atoms with Crippen molar-refractivity contribution in [3.8, 4) is 0 Å². The number of carbonyl (C=O) groups is 2. The summed E-state index contributed by atoms with van der Waals surface area (Å²) in [6, 6.07) is 27.0. The smallest absolute Gasteiger partial charge is 0.242 e. The Morgan fingerprint density at radius 1 is 0.750 bits per heavy atom. The van der Waals surface area contributed by atoms with Crippen LogP contribution in [0.5, 0.6) is 0 Å². The molecule has 2 N–H and O–H groups in total. The Labute approximate surface area is 193 Å². The maximum Gasteiger partial charge on any atom is 0.242 e. The first-order valence-corrected chi connectivity index (χ1v) is 12.1. The van der Waals surface area contributed by atoms with Crippen LogP contribution in [0.1, 0.15) is 42.9 Å². The molecule has 2 amide bonds. The van der Waals surface area contributed by atoms with Crippen LogP contribution < -0.4 is 10.6 Å². The summed E-state index contributed by atoms with van der Waals surface area (Å²) in [6.07, 6.45) is 5.42. The summed E-state index contributed by atoms with van der Waals surface area (Å²) < 4.78 is 0. The highest BCUT2D eigenvalue weighted by Crippen LogP contribution is 2.37. The van der Waals surface area contributed by atoms with Crippen molar-refractivity contribution < 1.29 is 9.59 Å². The number of rotatable bonds is 7. The first-order chi connectivity index (χ1) is 15.7. The predicted molar refractivity (Wildman–Crippen MR) is 132 cm³/mol. The largest absolute Gasteiger partial charge is 0.326 e. The Balaban J connectivity index is 1.50. The molecule has 164 valence electrons. The van der Waals surface area contributed by atoms with Crippen LogP contribution in [-0.2, 0) is 9.59 Å². The molecule has 0 bridgehead atoms. The molecule has 1 aliphatic carbocycles. The van der Waals surface area contributed by atoms with Crippen LogP contribution in [0.25, 0.3) is 0 Å². The predicted octanol–water partition coefficient (Wildman–Crippen LogP) is 6.68. The Kier molecular flexibility index (Phi) is 7.62. The highest BCUT2D eigenvalue weighted by molar-refractivity contribution is 8.00. The lowest BCUT2D eigenvalue weighted by molar-refractivity contribution is -0.120. The lowest BCUT2D eigenvalue weighted by atomic mass is 9.88. The van der Waals surface area contributed by atoms with E-state index in [1.54, 1.807) is 0 Å². The van der Waals surface area contributed by atoms with E-state index in [4.69, 9.17) is 0 Å². The first kappa shape index (κ1) is 22.2. The van der Waals surface area contributed by atoms with Gasteiger partial charge in [-0.1, -0.05) is 73.9 Å². The van der Waals surface area contributed by atoms with Crippen LogP contribution in [0.15, 0.2) is 89.8 Å². The maximum atomic E-state index is 13.2. The van der Waals surface area contributed by atoms with Gasteiger partial charge >= 0.3 is 0 Å². The minimum absolute atomic E-state index is 0.0796. The van der Waals surface area contributed by atoms with Crippen molar-refractivity contribution in [1.82, 2.24) is 0 Å². The average molecular weight is 445 g/mol. The van der Waals surface area contributed by atoms with Gasteiger partial charge in [-0.3, -0.25) is 9.59 Å². The quantitative estimate of drug-likeness (QED) is 0.400. The van der Waals surface area contributed by atoms with Gasteiger partial charge in [0.15, 0.2) is 0 Å². The summed E-state index contributed by atoms with van der Waals surface area (Å²) in [5, 5.41) is 5.69. The molecule has 3 aromatic rings. The van der Waals surface area contributed by atoms with Crippen LogP contribution in [0.2, 0.25) is 0 Å². The molecule has 4 nitrogen and oxygen atoms in total. The van der Waals surface area contributed by atoms with Crippen molar-refractivity contribution in [3.63, 3.8) is 0 Å². The molecule has 32 heavy (non-hydrogen) atoms. The lowest BCUT2D eigenvalue weighted by Gasteiger charge is -2.21. The number of anilines is 2. The van der Waals surface area contributed by atoms with E-state index in [0.29, 0.717) is 0 Å². The fraction of sp³-hybridized carbons (Fsp3) is 0.259. The molecule has 5 heteroatoms. The number of thioether (sulfide) groups is 1. The molecule has 0 aliphatic heterocycles. The summed E-state index contributed by atoms with van der Waals surface area (Å²) >= 11 is 1.48. The third-order valence-corrected chi connectivity index (χ3v) is 6.96. The zero-order valence-electron chi connectivity index (χ0n) is 18.0. The van der Waals surface area contributed by atoms with Gasteiger partial charge < -0.3 is 10.6 Å². The van der Waals surface area contributed by atoms with Gasteiger partial charge in [0.25, 0.3) is 0 Å². The highest BCUT2D eigenvalue weighted by atomic mass is 32.2. The zero-order chi connectivity index (χ0) is 22.2. The van der Waals surface area contributed by atoms with E-state index in [1.807, 2.05) is 84.9 Å². The standard InChI is InChI=1S/C27H28N2O2S/c30-26(21-13-6-2-7-14-21)29-23-17-10-18-24(19-23)32-25(20-11-4-1-5-12-20)27(31)28-22-15-8-3-9-16-22/h1,3-5,8-12,15-19,21,25H,2,6-7,13-14H2,(H,28,31)(H,29,30). The van der Waals surface area contributed by atoms with Crippen molar-refractivity contribution in [2.45, 2.75) is 42.2 Å². The number of benzene rings is 3. The van der Waals surface area contributed by atoms with E-state index in [1.165, 1.54) is 18.2 Å². The molecule has 0 heterocycles. The number of amides is 2. The van der Waals surface area contributed by atoms with Crippen molar-refractivity contribution in [2.75, 3.05) is 10.6 Å². The van der Waals surface area contributed by atoms with Crippen molar-refractivity contribution in [1.29, 1.82) is 0 Å². The van der Waals surface area contributed by atoms with Gasteiger partial charge in [-0.2, -0.15) is 0 Å². The van der Waals surface area contributed by atoms with E-state index in [-0.39, 0.29) is 17.7 Å². The SMILES string of the molecule is O=C(Nc1cccc(SC(C(=O)Nc2ccccc2)c2ccccc2)c1)C1CCCCC1. The molecule has 0 radical (unpaired) electrons. The molecule has 4 rings (SSSR count).